The largest absolute Gasteiger partial charge is 0.507 e. The Bertz CT molecular complexity index is 3350. The molecule has 1 unspecified atom stereocenters. The molecule has 20 nitrogen and oxygen atoms in total. The van der Waals surface area contributed by atoms with Crippen LogP contribution in [0.2, 0.25) is 0 Å². The number of likely N-dealkylation sites (tertiary alicyclic amines) is 1. The highest BCUT2D eigenvalue weighted by molar-refractivity contribution is 6.32. The Kier molecular flexibility index (Phi) is 16.6. The van der Waals surface area contributed by atoms with Gasteiger partial charge in [-0.15, -0.1) is 0 Å². The van der Waals surface area contributed by atoms with E-state index in [2.05, 4.69) is 10.2 Å². The number of aromatic hydroxyl groups is 1. The predicted molar refractivity (Wildman–Crippen MR) is 298 cm³/mol. The highest BCUT2D eigenvalue weighted by Gasteiger charge is 2.53. The third-order valence-corrected chi connectivity index (χ3v) is 18.0. The van der Waals surface area contributed by atoms with Gasteiger partial charge < -0.3 is 54.5 Å². The van der Waals surface area contributed by atoms with Gasteiger partial charge in [0.25, 0.3) is 17.2 Å². The van der Waals surface area contributed by atoms with Crippen molar-refractivity contribution in [1.82, 2.24) is 19.5 Å². The van der Waals surface area contributed by atoms with Gasteiger partial charge in [0.1, 0.15) is 34.6 Å². The Labute approximate surface area is 474 Å². The van der Waals surface area contributed by atoms with E-state index >= 15 is 14.0 Å². The molecule has 2 aromatic heterocycles. The van der Waals surface area contributed by atoms with Gasteiger partial charge in [-0.25, -0.2) is 9.18 Å². The molecule has 1 amide bonds. The van der Waals surface area contributed by atoms with Crippen molar-refractivity contribution in [2.24, 2.45) is 23.7 Å². The number of aromatic nitrogens is 1. The summed E-state index contributed by atoms with van der Waals surface area (Å²) < 4.78 is 41.3. The predicted octanol–water partition coefficient (Wildman–Crippen LogP) is 6.27. The summed E-state index contributed by atoms with van der Waals surface area (Å²) >= 11 is 0. The Balaban J connectivity index is 1.03. The third-order valence-electron chi connectivity index (χ3n) is 18.0. The third kappa shape index (κ3) is 10.5. The monoisotopic (exact) mass is 1140 g/mol. The molecule has 10 atom stereocenters. The number of carboxylic acids is 1. The first-order chi connectivity index (χ1) is 38.7. The van der Waals surface area contributed by atoms with Crippen LogP contribution in [0.5, 0.6) is 11.5 Å². The number of hydrogen-bond donors (Lipinski definition) is 5. The number of Topliss-reactive ketones (excluding diaryl/α,β-unsaturated/α-hetero) is 3. The van der Waals surface area contributed by atoms with Crippen molar-refractivity contribution in [3.8, 4) is 11.5 Å². The van der Waals surface area contributed by atoms with Crippen molar-refractivity contribution in [1.29, 1.82) is 0 Å². The first kappa shape index (κ1) is 59.4. The Morgan fingerprint density at radius 3 is 2.15 bits per heavy atom. The molecule has 1 saturated carbocycles. The van der Waals surface area contributed by atoms with Crippen LogP contribution in [0.15, 0.2) is 64.6 Å². The van der Waals surface area contributed by atoms with Gasteiger partial charge >= 0.3 is 17.7 Å². The number of fused-ring (bicyclic) bond motifs is 15. The molecule has 5 bridgehead atoms. The van der Waals surface area contributed by atoms with E-state index in [-0.39, 0.29) is 59.2 Å². The second-order valence-electron chi connectivity index (χ2n) is 23.4. The summed E-state index contributed by atoms with van der Waals surface area (Å²) in [4.78, 5) is 103. The molecular formula is C61H74FN5O15. The molecule has 3 aromatic rings. The summed E-state index contributed by atoms with van der Waals surface area (Å²) in [7, 11) is 3.40. The number of ether oxygens (including phenoxy) is 4. The summed E-state index contributed by atoms with van der Waals surface area (Å²) in [6, 6.07) is 1.32. The van der Waals surface area contributed by atoms with Crippen molar-refractivity contribution in [3.63, 3.8) is 0 Å². The number of carboxylic acid groups (broad SMARTS) is 1. The van der Waals surface area contributed by atoms with Gasteiger partial charge in [0.15, 0.2) is 5.82 Å². The number of hydrogen-bond acceptors (Lipinski definition) is 17. The Morgan fingerprint density at radius 1 is 0.854 bits per heavy atom. The number of phenolic OH excluding ortho intramolecular Hbond substituents is 1. The van der Waals surface area contributed by atoms with Crippen molar-refractivity contribution >= 4 is 46.4 Å². The standard InChI is InChI=1S/C61H74FN5O15/c1-28-13-12-14-29(2)58(75)63-46-49(65-21-17-37(18-22-65)64(10)38-19-23-66(26-38)48-31(4)47-39(36-15-16-36)25-40(60(77)78)59(76)67(47)27-41(48)62)54(73)43-44(53(46)72)52(71)34(7)56-45(43)57(74)61(9,82-56)80-24-20-42(79-11)30(3)55(81-35(8)68)33(6)51(70)32(5)50(28)69/h12-14,20,24-25,27-28,30,32-33,36-38,42,50-51,55,69-71H,15-19,21-23,26H2,1-11H3,(H,63,75)(H,77,78)/t28-,30+,32+,33+,38?,42-,50-,51+,55+,61-/m0/s1. The van der Waals surface area contributed by atoms with Gasteiger partial charge in [0, 0.05) is 94.0 Å². The molecule has 5 aliphatic heterocycles. The quantitative estimate of drug-likeness (QED) is 0.156. The lowest BCUT2D eigenvalue weighted by Gasteiger charge is -2.41. The molecule has 2 aliphatic carbocycles. The maximum absolute atomic E-state index is 16.3. The molecule has 10 rings (SSSR count). The van der Waals surface area contributed by atoms with E-state index in [1.807, 2.05) is 11.9 Å². The van der Waals surface area contributed by atoms with Crippen LogP contribution in [0.1, 0.15) is 145 Å². The molecule has 0 spiro atoms. The molecular weight excluding hydrogens is 1060 g/mol. The number of carbonyl (C=O) groups is 6. The number of esters is 1. The zero-order valence-corrected chi connectivity index (χ0v) is 48.2. The fraction of sp³-hybridized carbons (Fsp3) is 0.525. The van der Waals surface area contributed by atoms with Gasteiger partial charge in [-0.2, -0.15) is 0 Å². The topological polar surface area (TPSA) is 263 Å². The fourth-order valence-corrected chi connectivity index (χ4v) is 12.9. The smallest absolute Gasteiger partial charge is 0.341 e. The van der Waals surface area contributed by atoms with Crippen LogP contribution in [-0.4, -0.2) is 152 Å². The first-order valence-electron chi connectivity index (χ1n) is 28.1. The molecule has 0 radical (unpaired) electrons. The molecule has 3 fully saturated rings. The lowest BCUT2D eigenvalue weighted by Crippen LogP contribution is -2.50. The summed E-state index contributed by atoms with van der Waals surface area (Å²) in [6.07, 6.45) is 7.59. The molecule has 5 N–H and O–H groups in total. The molecule has 7 heterocycles. The van der Waals surface area contributed by atoms with Crippen molar-refractivity contribution in [2.45, 2.75) is 143 Å². The Morgan fingerprint density at radius 2 is 1.51 bits per heavy atom. The van der Waals surface area contributed by atoms with Crippen molar-refractivity contribution in [2.75, 3.05) is 45.2 Å². The fourth-order valence-electron chi connectivity index (χ4n) is 12.9. The number of aromatic carboxylic acids is 1. The lowest BCUT2D eigenvalue weighted by molar-refractivity contribution is -0.160. The SMILES string of the molecule is CO[C@H]1C=CO[C@@]2(C)Oc3c(C)c(O)c4c(c3C2=O)C(=O)C(N2CCC(N(C)C3CCN(c5c(F)cn6c(=O)c(C(=O)O)cc(C7CC7)c6c5C)C3)CC2)=C(NC(=O)C(C)=CC=C[C@H](C)[C@H](O)[C@@H](C)[C@@H](O)[C@@H](C)[C@H](OC(C)=O)[C@@H]1C)C4=O. The molecule has 440 valence electrons. The second-order valence-corrected chi connectivity index (χ2v) is 23.4. The minimum absolute atomic E-state index is 0.0354. The van der Waals surface area contributed by atoms with Gasteiger partial charge in [-0.05, 0) is 89.1 Å². The number of phenols is 1. The number of amides is 1. The van der Waals surface area contributed by atoms with E-state index in [0.29, 0.717) is 54.7 Å². The number of nitrogens with zero attached hydrogens (tertiary/aromatic N) is 4. The van der Waals surface area contributed by atoms with E-state index in [1.54, 1.807) is 51.7 Å². The van der Waals surface area contributed by atoms with E-state index in [9.17, 15) is 44.4 Å². The summed E-state index contributed by atoms with van der Waals surface area (Å²) in [6.45, 7) is 15.5. The number of piperidine rings is 1. The van der Waals surface area contributed by atoms with Gasteiger partial charge in [-0.1, -0.05) is 45.9 Å². The van der Waals surface area contributed by atoms with Crippen LogP contribution < -0.4 is 20.5 Å². The van der Waals surface area contributed by atoms with E-state index in [4.69, 9.17) is 18.9 Å². The van der Waals surface area contributed by atoms with E-state index in [0.717, 1.165) is 23.4 Å². The van der Waals surface area contributed by atoms with E-state index in [1.165, 1.54) is 59.3 Å². The number of ketones is 3. The number of carbonyl (C=O) groups excluding carboxylic acids is 5. The number of aliphatic hydroxyl groups is 2. The number of rotatable bonds is 8. The number of allylic oxidation sites excluding steroid dienone is 4. The van der Waals surface area contributed by atoms with Crippen LogP contribution in [0.4, 0.5) is 10.1 Å². The normalized spacial score (nSPS) is 28.7. The number of benzene rings is 1. The number of methoxy groups -OCH3 is 1. The van der Waals surface area contributed by atoms with Crippen LogP contribution in [0.25, 0.3) is 5.52 Å². The highest BCUT2D eigenvalue weighted by Crippen LogP contribution is 2.50. The maximum atomic E-state index is 16.3. The number of aryl methyl sites for hydroxylation is 1. The average molecular weight is 1140 g/mol. The minimum Gasteiger partial charge on any atom is -0.507 e. The van der Waals surface area contributed by atoms with Crippen molar-refractivity contribution < 1.29 is 72.5 Å². The first-order valence-corrected chi connectivity index (χ1v) is 28.1. The van der Waals surface area contributed by atoms with Crippen LogP contribution in [-0.2, 0) is 23.8 Å². The van der Waals surface area contributed by atoms with E-state index < -0.39 is 129 Å². The molecule has 21 heteroatoms. The second kappa shape index (κ2) is 22.9. The number of nitrogens with one attached hydrogen (secondary N) is 1. The van der Waals surface area contributed by atoms with Crippen molar-refractivity contribution in [3.05, 3.63) is 115 Å². The molecule has 1 aromatic carbocycles. The number of pyridine rings is 2. The van der Waals surface area contributed by atoms with Crippen LogP contribution in [0, 0.1) is 43.3 Å². The van der Waals surface area contributed by atoms with Gasteiger partial charge in [0.05, 0.1) is 58.7 Å². The summed E-state index contributed by atoms with van der Waals surface area (Å²) in [5, 5.41) is 47.6. The molecule has 7 aliphatic rings. The highest BCUT2D eigenvalue weighted by atomic mass is 19.1. The van der Waals surface area contributed by atoms with Crippen LogP contribution >= 0.6 is 0 Å². The van der Waals surface area contributed by atoms with Gasteiger partial charge in [0.2, 0.25) is 11.6 Å². The van der Waals surface area contributed by atoms with Crippen LogP contribution in [0.3, 0.4) is 0 Å². The zero-order valence-electron chi connectivity index (χ0n) is 48.2. The number of halogens is 1. The summed E-state index contributed by atoms with van der Waals surface area (Å²) in [5.74, 6) is -11.6. The number of anilines is 1. The number of aliphatic hydroxyl groups excluding tert-OH is 2. The molecule has 2 saturated heterocycles. The Hall–Kier alpha value is -7.20. The summed E-state index contributed by atoms with van der Waals surface area (Å²) in [5.41, 5.74) is -0.780. The minimum atomic E-state index is -2.15. The zero-order chi connectivity index (χ0) is 59.7. The lowest BCUT2D eigenvalue weighted by atomic mass is 9.78. The number of likely N-dealkylation sites (N-methyl/N-ethyl adjacent to an activating group) is 1. The van der Waals surface area contributed by atoms with Gasteiger partial charge in [-0.3, -0.25) is 38.1 Å². The molecule has 82 heavy (non-hydrogen) atoms. The maximum Gasteiger partial charge on any atom is 0.341 e. The average Bonchev–Trinajstić information content (AvgIpc) is 1.68.